The van der Waals surface area contributed by atoms with Gasteiger partial charge in [0.2, 0.25) is 5.91 Å². The maximum absolute atomic E-state index is 12.4. The first-order valence-electron chi connectivity index (χ1n) is 7.59. The lowest BCUT2D eigenvalue weighted by molar-refractivity contribution is -0.196. The van der Waals surface area contributed by atoms with Crippen LogP contribution in [0.25, 0.3) is 0 Å². The topological polar surface area (TPSA) is 70.7 Å². The number of fused-ring (bicyclic) bond motifs is 1. The molecule has 2 amide bonds. The molecule has 1 aromatic carbocycles. The molecule has 118 valence electrons. The van der Waals surface area contributed by atoms with Gasteiger partial charge in [0.15, 0.2) is 0 Å². The lowest BCUT2D eigenvalue weighted by Gasteiger charge is -2.43. The SMILES string of the molecule is CC1COC2(C)CC[C@@H](C(=O)NNc3ccccc3)N2C1=O. The molecule has 6 heteroatoms. The highest BCUT2D eigenvalue weighted by Gasteiger charge is 2.53. The predicted molar refractivity (Wildman–Crippen MR) is 81.6 cm³/mol. The number of hydrogen-bond acceptors (Lipinski definition) is 4. The van der Waals surface area contributed by atoms with E-state index < -0.39 is 11.8 Å². The number of benzene rings is 1. The summed E-state index contributed by atoms with van der Waals surface area (Å²) in [6.07, 6.45) is 1.28. The molecule has 6 nitrogen and oxygen atoms in total. The molecule has 3 atom stereocenters. The highest BCUT2D eigenvalue weighted by Crippen LogP contribution is 2.39. The number of anilines is 1. The van der Waals surface area contributed by atoms with Crippen LogP contribution in [0.15, 0.2) is 30.3 Å². The van der Waals surface area contributed by atoms with Crippen LogP contribution in [0.4, 0.5) is 5.69 Å². The zero-order valence-corrected chi connectivity index (χ0v) is 12.8. The van der Waals surface area contributed by atoms with Gasteiger partial charge in [-0.25, -0.2) is 0 Å². The number of amides is 2. The van der Waals surface area contributed by atoms with Gasteiger partial charge in [-0.15, -0.1) is 0 Å². The van der Waals surface area contributed by atoms with E-state index in [-0.39, 0.29) is 17.7 Å². The number of nitrogens with zero attached hydrogens (tertiary/aromatic N) is 1. The molecule has 0 spiro atoms. The highest BCUT2D eigenvalue weighted by atomic mass is 16.5. The van der Waals surface area contributed by atoms with E-state index in [1.54, 1.807) is 4.90 Å². The van der Waals surface area contributed by atoms with E-state index in [1.165, 1.54) is 0 Å². The van der Waals surface area contributed by atoms with Crippen molar-refractivity contribution in [2.24, 2.45) is 5.92 Å². The van der Waals surface area contributed by atoms with E-state index in [2.05, 4.69) is 10.9 Å². The zero-order valence-electron chi connectivity index (χ0n) is 12.8. The van der Waals surface area contributed by atoms with Gasteiger partial charge in [-0.3, -0.25) is 20.4 Å². The zero-order chi connectivity index (χ0) is 15.7. The summed E-state index contributed by atoms with van der Waals surface area (Å²) in [6, 6.07) is 8.89. The van der Waals surface area contributed by atoms with Gasteiger partial charge in [-0.1, -0.05) is 25.1 Å². The van der Waals surface area contributed by atoms with E-state index in [4.69, 9.17) is 4.74 Å². The fourth-order valence-corrected chi connectivity index (χ4v) is 3.11. The summed E-state index contributed by atoms with van der Waals surface area (Å²) in [5, 5.41) is 0. The van der Waals surface area contributed by atoms with Crippen LogP contribution in [0.1, 0.15) is 26.7 Å². The van der Waals surface area contributed by atoms with Crippen molar-refractivity contribution in [3.05, 3.63) is 30.3 Å². The predicted octanol–water partition coefficient (Wildman–Crippen LogP) is 1.50. The lowest BCUT2D eigenvalue weighted by Crippen LogP contribution is -2.60. The molecule has 0 aromatic heterocycles. The van der Waals surface area contributed by atoms with E-state index in [9.17, 15) is 9.59 Å². The van der Waals surface area contributed by atoms with Crippen molar-refractivity contribution in [1.82, 2.24) is 10.3 Å². The summed E-state index contributed by atoms with van der Waals surface area (Å²) >= 11 is 0. The van der Waals surface area contributed by atoms with Crippen molar-refractivity contribution in [1.29, 1.82) is 0 Å². The van der Waals surface area contributed by atoms with E-state index >= 15 is 0 Å². The molecule has 2 saturated heterocycles. The Hall–Kier alpha value is -2.08. The van der Waals surface area contributed by atoms with Crippen LogP contribution in [-0.2, 0) is 14.3 Å². The Morgan fingerprint density at radius 1 is 1.36 bits per heavy atom. The third-order valence-electron chi connectivity index (χ3n) is 4.41. The number of nitrogens with one attached hydrogen (secondary N) is 2. The summed E-state index contributed by atoms with van der Waals surface area (Å²) in [4.78, 5) is 26.5. The Balaban J connectivity index is 1.69. The molecule has 2 heterocycles. The highest BCUT2D eigenvalue weighted by molar-refractivity contribution is 5.90. The molecular formula is C16H21N3O3. The fourth-order valence-electron chi connectivity index (χ4n) is 3.11. The number of ether oxygens (including phenoxy) is 1. The van der Waals surface area contributed by atoms with Crippen LogP contribution in [0.3, 0.4) is 0 Å². The maximum atomic E-state index is 12.4. The minimum absolute atomic E-state index is 0.00823. The van der Waals surface area contributed by atoms with Gasteiger partial charge in [0.25, 0.3) is 5.91 Å². The van der Waals surface area contributed by atoms with Gasteiger partial charge in [-0.05, 0) is 31.9 Å². The van der Waals surface area contributed by atoms with Crippen molar-refractivity contribution in [3.8, 4) is 0 Å². The Morgan fingerprint density at radius 3 is 2.82 bits per heavy atom. The van der Waals surface area contributed by atoms with Crippen LogP contribution < -0.4 is 10.9 Å². The molecule has 0 radical (unpaired) electrons. The number of carbonyl (C=O) groups excluding carboxylic acids is 2. The standard InChI is InChI=1S/C16H21N3O3/c1-11-10-22-16(2)9-8-13(19(16)15(11)21)14(20)18-17-12-6-4-3-5-7-12/h3-7,11,13,17H,8-10H2,1-2H3,(H,18,20)/t11?,13-,16?/m0/s1. The van der Waals surface area contributed by atoms with Crippen molar-refractivity contribution < 1.29 is 14.3 Å². The Bertz CT molecular complexity index is 577. The maximum Gasteiger partial charge on any atom is 0.261 e. The third kappa shape index (κ3) is 2.54. The second kappa shape index (κ2) is 5.61. The normalized spacial score (nSPS) is 30.8. The van der Waals surface area contributed by atoms with Crippen LogP contribution in [0, 0.1) is 5.92 Å². The summed E-state index contributed by atoms with van der Waals surface area (Å²) in [6.45, 7) is 4.13. The number of rotatable bonds is 3. The lowest BCUT2D eigenvalue weighted by atomic mass is 10.1. The summed E-state index contributed by atoms with van der Waals surface area (Å²) in [5.41, 5.74) is 5.71. The minimum Gasteiger partial charge on any atom is -0.355 e. The fraction of sp³-hybridized carbons (Fsp3) is 0.500. The van der Waals surface area contributed by atoms with Crippen LogP contribution >= 0.6 is 0 Å². The molecule has 0 aliphatic carbocycles. The first kappa shape index (κ1) is 14.8. The van der Waals surface area contributed by atoms with Gasteiger partial charge in [0.05, 0.1) is 18.2 Å². The second-order valence-electron chi connectivity index (χ2n) is 6.13. The quantitative estimate of drug-likeness (QED) is 0.830. The van der Waals surface area contributed by atoms with Crippen molar-refractivity contribution >= 4 is 17.5 Å². The smallest absolute Gasteiger partial charge is 0.261 e. The summed E-state index contributed by atoms with van der Waals surface area (Å²) in [7, 11) is 0. The monoisotopic (exact) mass is 303 g/mol. The number of hydrazine groups is 1. The molecule has 2 aliphatic heterocycles. The Kier molecular flexibility index (Phi) is 3.78. The summed E-state index contributed by atoms with van der Waals surface area (Å²) in [5.74, 6) is -0.423. The van der Waals surface area contributed by atoms with Crippen molar-refractivity contribution in [2.75, 3.05) is 12.0 Å². The molecule has 2 aliphatic rings. The van der Waals surface area contributed by atoms with Gasteiger partial charge in [0, 0.05) is 0 Å². The molecular weight excluding hydrogens is 282 g/mol. The molecule has 2 N–H and O–H groups in total. The molecule has 3 rings (SSSR count). The van der Waals surface area contributed by atoms with Gasteiger partial charge >= 0.3 is 0 Å². The molecule has 2 fully saturated rings. The Labute approximate surface area is 129 Å². The first-order chi connectivity index (χ1) is 10.5. The van der Waals surface area contributed by atoms with Crippen molar-refractivity contribution in [2.45, 2.75) is 38.5 Å². The molecule has 0 saturated carbocycles. The number of carbonyl (C=O) groups is 2. The van der Waals surface area contributed by atoms with Crippen molar-refractivity contribution in [3.63, 3.8) is 0 Å². The van der Waals surface area contributed by atoms with E-state index in [0.717, 1.165) is 5.69 Å². The minimum atomic E-state index is -0.654. The number of hydrogen-bond donors (Lipinski definition) is 2. The molecule has 2 unspecified atom stereocenters. The van der Waals surface area contributed by atoms with Gasteiger partial charge < -0.3 is 9.64 Å². The largest absolute Gasteiger partial charge is 0.355 e. The Morgan fingerprint density at radius 2 is 2.09 bits per heavy atom. The second-order valence-corrected chi connectivity index (χ2v) is 6.13. The molecule has 22 heavy (non-hydrogen) atoms. The molecule has 0 bridgehead atoms. The van der Waals surface area contributed by atoms with Crippen LogP contribution in [-0.4, -0.2) is 35.1 Å². The number of para-hydroxylation sites is 1. The average Bonchev–Trinajstić information content (AvgIpc) is 2.89. The van der Waals surface area contributed by atoms with Gasteiger partial charge in [0.1, 0.15) is 11.8 Å². The van der Waals surface area contributed by atoms with E-state index in [1.807, 2.05) is 44.2 Å². The average molecular weight is 303 g/mol. The third-order valence-corrected chi connectivity index (χ3v) is 4.41. The summed E-state index contributed by atoms with van der Waals surface area (Å²) < 4.78 is 5.82. The van der Waals surface area contributed by atoms with Crippen LogP contribution in [0.5, 0.6) is 0 Å². The van der Waals surface area contributed by atoms with E-state index in [0.29, 0.717) is 19.4 Å². The van der Waals surface area contributed by atoms with Gasteiger partial charge in [-0.2, -0.15) is 0 Å². The van der Waals surface area contributed by atoms with Crippen LogP contribution in [0.2, 0.25) is 0 Å². The molecule has 1 aromatic rings. The first-order valence-corrected chi connectivity index (χ1v) is 7.59.